The van der Waals surface area contributed by atoms with E-state index in [0.717, 1.165) is 49.2 Å². The van der Waals surface area contributed by atoms with Gasteiger partial charge in [-0.3, -0.25) is 4.90 Å². The largest absolute Gasteiger partial charge is 0.497 e. The molecule has 0 unspecified atom stereocenters. The van der Waals surface area contributed by atoms with Crippen LogP contribution in [-0.4, -0.2) is 38.2 Å². The van der Waals surface area contributed by atoms with Crippen LogP contribution in [0.25, 0.3) is 0 Å². The summed E-state index contributed by atoms with van der Waals surface area (Å²) >= 11 is 3.70. The third-order valence-corrected chi connectivity index (χ3v) is 4.52. The van der Waals surface area contributed by atoms with Crippen LogP contribution in [0.2, 0.25) is 0 Å². The van der Waals surface area contributed by atoms with E-state index in [-0.39, 0.29) is 0 Å². The van der Waals surface area contributed by atoms with E-state index in [1.54, 1.807) is 7.11 Å². The van der Waals surface area contributed by atoms with Crippen molar-refractivity contribution < 1.29 is 4.74 Å². The van der Waals surface area contributed by atoms with E-state index in [9.17, 15) is 0 Å². The second kappa shape index (κ2) is 7.81. The Kier molecular flexibility index (Phi) is 6.07. The van der Waals surface area contributed by atoms with Gasteiger partial charge in [0.15, 0.2) is 0 Å². The Bertz CT molecular complexity index is 444. The highest BCUT2D eigenvalue weighted by atomic mass is 79.9. The maximum absolute atomic E-state index is 5.38. The summed E-state index contributed by atoms with van der Waals surface area (Å²) in [6.45, 7) is 8.16. The topological polar surface area (TPSA) is 24.5 Å². The lowest BCUT2D eigenvalue weighted by molar-refractivity contribution is 0.165. The van der Waals surface area contributed by atoms with Crippen molar-refractivity contribution in [3.8, 4) is 5.75 Å². The van der Waals surface area contributed by atoms with Gasteiger partial charge < -0.3 is 10.1 Å². The third kappa shape index (κ3) is 3.84. The molecule has 0 spiro atoms. The molecule has 4 heteroatoms. The normalized spacial score (nSPS) is 17.7. The number of nitrogens with one attached hydrogen (secondary N) is 1. The maximum atomic E-state index is 5.38. The Morgan fingerprint density at radius 1 is 1.45 bits per heavy atom. The number of piperazine rings is 1. The fourth-order valence-electron chi connectivity index (χ4n) is 2.71. The summed E-state index contributed by atoms with van der Waals surface area (Å²) in [5.74, 6) is 0.918. The molecule has 0 aromatic heterocycles. The van der Waals surface area contributed by atoms with Crippen LogP contribution < -0.4 is 10.1 Å². The molecule has 0 amide bonds. The summed E-state index contributed by atoms with van der Waals surface area (Å²) in [6, 6.07) is 6.65. The van der Waals surface area contributed by atoms with E-state index < -0.39 is 0 Å². The Morgan fingerprint density at radius 3 is 2.85 bits per heavy atom. The van der Waals surface area contributed by atoms with Crippen LogP contribution in [-0.2, 0) is 0 Å². The molecule has 1 atom stereocenters. The average molecular weight is 339 g/mol. The SMILES string of the molecule is C=CCC[C@H](c1cc(OC)ccc1Br)N1CCNCC1. The Hall–Kier alpha value is -0.840. The highest BCUT2D eigenvalue weighted by molar-refractivity contribution is 9.10. The molecule has 0 bridgehead atoms. The van der Waals surface area contributed by atoms with Crippen LogP contribution in [0.5, 0.6) is 5.75 Å². The second-order valence-electron chi connectivity index (χ2n) is 5.06. The van der Waals surface area contributed by atoms with Crippen LogP contribution in [0.3, 0.4) is 0 Å². The first-order valence-corrected chi connectivity index (χ1v) is 7.94. The highest BCUT2D eigenvalue weighted by Crippen LogP contribution is 2.34. The first-order chi connectivity index (χ1) is 9.76. The van der Waals surface area contributed by atoms with E-state index in [2.05, 4.69) is 44.9 Å². The van der Waals surface area contributed by atoms with E-state index in [1.165, 1.54) is 5.56 Å². The first kappa shape index (κ1) is 15.5. The number of ether oxygens (including phenoxy) is 1. The highest BCUT2D eigenvalue weighted by Gasteiger charge is 2.23. The Morgan fingerprint density at radius 2 is 2.20 bits per heavy atom. The van der Waals surface area contributed by atoms with Crippen molar-refractivity contribution in [1.82, 2.24) is 10.2 Å². The van der Waals surface area contributed by atoms with Gasteiger partial charge >= 0.3 is 0 Å². The van der Waals surface area contributed by atoms with Crippen molar-refractivity contribution in [1.29, 1.82) is 0 Å². The molecule has 1 aromatic rings. The molecule has 0 aliphatic carbocycles. The summed E-state index contributed by atoms with van der Waals surface area (Å²) in [4.78, 5) is 2.56. The minimum Gasteiger partial charge on any atom is -0.497 e. The van der Waals surface area contributed by atoms with Gasteiger partial charge in [0.1, 0.15) is 5.75 Å². The lowest BCUT2D eigenvalue weighted by atomic mass is 9.99. The quantitative estimate of drug-likeness (QED) is 0.805. The minimum absolute atomic E-state index is 0.416. The van der Waals surface area contributed by atoms with Gasteiger partial charge in [0.05, 0.1) is 7.11 Å². The van der Waals surface area contributed by atoms with Gasteiger partial charge in [0, 0.05) is 36.7 Å². The molecule has 1 N–H and O–H groups in total. The number of benzene rings is 1. The van der Waals surface area contributed by atoms with Crippen LogP contribution in [0.4, 0.5) is 0 Å². The average Bonchev–Trinajstić information content (AvgIpc) is 2.50. The predicted molar refractivity (Wildman–Crippen MR) is 87.3 cm³/mol. The molecule has 0 radical (unpaired) electrons. The number of hydrogen-bond donors (Lipinski definition) is 1. The van der Waals surface area contributed by atoms with Gasteiger partial charge in [-0.05, 0) is 36.6 Å². The molecule has 20 heavy (non-hydrogen) atoms. The van der Waals surface area contributed by atoms with E-state index in [1.807, 2.05) is 12.1 Å². The number of allylic oxidation sites excluding steroid dienone is 1. The Labute approximate surface area is 130 Å². The smallest absolute Gasteiger partial charge is 0.119 e. The zero-order chi connectivity index (χ0) is 14.4. The number of halogens is 1. The molecule has 0 saturated carbocycles. The summed E-state index contributed by atoms with van der Waals surface area (Å²) in [7, 11) is 1.72. The molecule has 2 rings (SSSR count). The molecule has 1 fully saturated rings. The van der Waals surface area contributed by atoms with Crippen molar-refractivity contribution in [2.75, 3.05) is 33.3 Å². The van der Waals surface area contributed by atoms with Gasteiger partial charge in [-0.1, -0.05) is 22.0 Å². The van der Waals surface area contributed by atoms with Crippen LogP contribution >= 0.6 is 15.9 Å². The first-order valence-electron chi connectivity index (χ1n) is 7.15. The van der Waals surface area contributed by atoms with Crippen molar-refractivity contribution in [2.45, 2.75) is 18.9 Å². The minimum atomic E-state index is 0.416. The number of rotatable bonds is 6. The standard InChI is InChI=1S/C16H23BrN2O/c1-3-4-5-16(19-10-8-18-9-11-19)14-12-13(20-2)6-7-15(14)17/h3,6-7,12,16,18H,1,4-5,8-11H2,2H3/t16-/m1/s1. The number of hydrogen-bond acceptors (Lipinski definition) is 3. The maximum Gasteiger partial charge on any atom is 0.119 e. The van der Waals surface area contributed by atoms with Crippen LogP contribution in [0.15, 0.2) is 35.3 Å². The molecule has 1 aliphatic heterocycles. The predicted octanol–water partition coefficient (Wildman–Crippen LogP) is 3.37. The zero-order valence-electron chi connectivity index (χ0n) is 12.1. The van der Waals surface area contributed by atoms with Crippen molar-refractivity contribution >= 4 is 15.9 Å². The van der Waals surface area contributed by atoms with E-state index in [0.29, 0.717) is 6.04 Å². The lowest BCUT2D eigenvalue weighted by Gasteiger charge is -2.35. The number of nitrogens with zero attached hydrogens (tertiary/aromatic N) is 1. The van der Waals surface area contributed by atoms with Gasteiger partial charge in [0.2, 0.25) is 0 Å². The van der Waals surface area contributed by atoms with E-state index in [4.69, 9.17) is 4.74 Å². The van der Waals surface area contributed by atoms with Crippen molar-refractivity contribution in [3.63, 3.8) is 0 Å². The van der Waals surface area contributed by atoms with Gasteiger partial charge in [-0.25, -0.2) is 0 Å². The van der Waals surface area contributed by atoms with E-state index >= 15 is 0 Å². The summed E-state index contributed by atoms with van der Waals surface area (Å²) in [5, 5.41) is 3.42. The Balaban J connectivity index is 2.26. The summed E-state index contributed by atoms with van der Waals surface area (Å²) in [6.07, 6.45) is 4.12. The van der Waals surface area contributed by atoms with Gasteiger partial charge in [0.25, 0.3) is 0 Å². The molecule has 1 aliphatic rings. The molecule has 1 heterocycles. The zero-order valence-corrected chi connectivity index (χ0v) is 13.7. The second-order valence-corrected chi connectivity index (χ2v) is 5.91. The molecular weight excluding hydrogens is 316 g/mol. The monoisotopic (exact) mass is 338 g/mol. The van der Waals surface area contributed by atoms with Crippen molar-refractivity contribution in [3.05, 3.63) is 40.9 Å². The third-order valence-electron chi connectivity index (χ3n) is 3.80. The molecule has 110 valence electrons. The van der Waals surface area contributed by atoms with Crippen LogP contribution in [0, 0.1) is 0 Å². The van der Waals surface area contributed by atoms with Gasteiger partial charge in [-0.15, -0.1) is 6.58 Å². The van der Waals surface area contributed by atoms with Gasteiger partial charge in [-0.2, -0.15) is 0 Å². The fourth-order valence-corrected chi connectivity index (χ4v) is 3.22. The number of methoxy groups -OCH3 is 1. The molecular formula is C16H23BrN2O. The molecule has 3 nitrogen and oxygen atoms in total. The lowest BCUT2D eigenvalue weighted by Crippen LogP contribution is -2.45. The summed E-state index contributed by atoms with van der Waals surface area (Å²) < 4.78 is 6.54. The molecule has 1 saturated heterocycles. The summed E-state index contributed by atoms with van der Waals surface area (Å²) in [5.41, 5.74) is 1.31. The van der Waals surface area contributed by atoms with Crippen molar-refractivity contribution in [2.24, 2.45) is 0 Å². The van der Waals surface area contributed by atoms with Crippen LogP contribution in [0.1, 0.15) is 24.4 Å². The molecule has 1 aromatic carbocycles. The fraction of sp³-hybridized carbons (Fsp3) is 0.500.